The highest BCUT2D eigenvalue weighted by Crippen LogP contribution is 2.45. The maximum atomic E-state index is 6.39. The third-order valence-corrected chi connectivity index (χ3v) is 12.4. The van der Waals surface area contributed by atoms with E-state index in [-0.39, 0.29) is 5.41 Å². The van der Waals surface area contributed by atoms with Crippen molar-refractivity contribution in [1.82, 2.24) is 0 Å². The minimum absolute atomic E-state index is 0.143. The Labute approximate surface area is 358 Å². The van der Waals surface area contributed by atoms with Crippen LogP contribution in [0.5, 0.6) is 5.75 Å². The van der Waals surface area contributed by atoms with Crippen LogP contribution >= 0.6 is 0 Å². The van der Waals surface area contributed by atoms with Crippen LogP contribution in [0.15, 0.2) is 126 Å². The molecule has 0 atom stereocenters. The smallest absolute Gasteiger partial charge is 0.166 e. The molecule has 0 aliphatic carbocycles. The Kier molecular flexibility index (Phi) is 11.9. The molecule has 7 aromatic carbocycles. The Morgan fingerprint density at radius 3 is 0.915 bits per heavy atom. The summed E-state index contributed by atoms with van der Waals surface area (Å²) in [6, 6.07) is 44.7. The van der Waals surface area contributed by atoms with E-state index in [1.54, 1.807) is 0 Å². The first-order valence-corrected chi connectivity index (χ1v) is 21.2. The van der Waals surface area contributed by atoms with Gasteiger partial charge in [-0.3, -0.25) is 0 Å². The van der Waals surface area contributed by atoms with Crippen LogP contribution < -0.4 is 4.84 Å². The lowest BCUT2D eigenvalue weighted by atomic mass is 9.79. The lowest BCUT2D eigenvalue weighted by molar-refractivity contribution is 0.345. The second kappa shape index (κ2) is 16.9. The molecule has 59 heavy (non-hydrogen) atoms. The van der Waals surface area contributed by atoms with Gasteiger partial charge in [0, 0.05) is 24.0 Å². The second-order valence-electron chi connectivity index (χ2n) is 17.6. The quantitative estimate of drug-likeness (QED) is 0.129. The molecule has 0 spiro atoms. The van der Waals surface area contributed by atoms with E-state index in [2.05, 4.69) is 202 Å². The topological polar surface area (TPSA) is 21.6 Å². The van der Waals surface area contributed by atoms with E-state index in [1.165, 1.54) is 106 Å². The van der Waals surface area contributed by atoms with Gasteiger partial charge in [0.15, 0.2) is 5.75 Å². The lowest BCUT2D eigenvalue weighted by Gasteiger charge is -2.26. The van der Waals surface area contributed by atoms with Crippen molar-refractivity contribution >= 4 is 12.4 Å². The van der Waals surface area contributed by atoms with Gasteiger partial charge in [-0.05, 0) is 171 Å². The SMILES string of the molecule is Cc1cccc(C)c1-c1cccc(-c2c(C)cccc2C)c1Cc1cc(C(C)(C)C)cc(Cc2c(-c3c(C)cccc3C)cccc2-c2c(C)cccc2C)c1ON=S. The molecule has 2 nitrogen and oxygen atoms in total. The number of aryl methyl sites for hydroxylation is 8. The molecule has 0 fully saturated rings. The van der Waals surface area contributed by atoms with E-state index < -0.39 is 0 Å². The molecular weight excluding hydrogens is 735 g/mol. The van der Waals surface area contributed by atoms with E-state index in [4.69, 9.17) is 17.3 Å². The molecule has 7 rings (SSSR count). The molecule has 0 aliphatic heterocycles. The lowest BCUT2D eigenvalue weighted by Crippen LogP contribution is -2.14. The average molecular weight is 792 g/mol. The minimum atomic E-state index is -0.143. The predicted molar refractivity (Wildman–Crippen MR) is 254 cm³/mol. The van der Waals surface area contributed by atoms with E-state index in [0.717, 1.165) is 16.9 Å². The summed E-state index contributed by atoms with van der Waals surface area (Å²) in [6.07, 6.45) is 1.26. The molecule has 0 bridgehead atoms. The van der Waals surface area contributed by atoms with Crippen molar-refractivity contribution in [3.8, 4) is 50.3 Å². The Balaban J connectivity index is 1.54. The van der Waals surface area contributed by atoms with Crippen LogP contribution in [0.25, 0.3) is 44.5 Å². The molecule has 0 unspecified atom stereocenters. The zero-order valence-corrected chi connectivity index (χ0v) is 37.5. The van der Waals surface area contributed by atoms with Gasteiger partial charge in [0.25, 0.3) is 0 Å². The zero-order chi connectivity index (χ0) is 42.2. The normalized spacial score (nSPS) is 11.5. The van der Waals surface area contributed by atoms with Gasteiger partial charge < -0.3 is 4.84 Å². The van der Waals surface area contributed by atoms with Crippen molar-refractivity contribution in [3.05, 3.63) is 194 Å². The number of hydrogen-bond acceptors (Lipinski definition) is 3. The van der Waals surface area contributed by atoms with Crippen LogP contribution in [0.2, 0.25) is 0 Å². The van der Waals surface area contributed by atoms with Crippen molar-refractivity contribution in [2.75, 3.05) is 0 Å². The van der Waals surface area contributed by atoms with Gasteiger partial charge in [-0.15, -0.1) is 0 Å². The van der Waals surface area contributed by atoms with Gasteiger partial charge in [0.2, 0.25) is 0 Å². The van der Waals surface area contributed by atoms with Crippen LogP contribution in [0.3, 0.4) is 0 Å². The monoisotopic (exact) mass is 791 g/mol. The highest BCUT2D eigenvalue weighted by Gasteiger charge is 2.26. The fraction of sp³-hybridized carbons (Fsp3) is 0.250. The Hall–Kier alpha value is -5.64. The van der Waals surface area contributed by atoms with Gasteiger partial charge in [-0.1, -0.05) is 142 Å². The average Bonchev–Trinajstić information content (AvgIpc) is 3.17. The van der Waals surface area contributed by atoms with Crippen LogP contribution in [-0.4, -0.2) is 0 Å². The largest absolute Gasteiger partial charge is 0.345 e. The van der Waals surface area contributed by atoms with Gasteiger partial charge in [-0.2, -0.15) is 0 Å². The molecule has 0 heterocycles. The highest BCUT2D eigenvalue weighted by atomic mass is 32.1. The molecule has 298 valence electrons. The molecule has 7 aromatic rings. The van der Waals surface area contributed by atoms with E-state index in [0.29, 0.717) is 12.8 Å². The summed E-state index contributed by atoms with van der Waals surface area (Å²) in [5.41, 5.74) is 25.9. The number of hydrogen-bond donors (Lipinski definition) is 0. The van der Waals surface area contributed by atoms with Crippen LogP contribution in [0.1, 0.15) is 93.1 Å². The summed E-state index contributed by atoms with van der Waals surface area (Å²) in [4.78, 5) is 6.39. The molecule has 3 heteroatoms. The molecule has 0 radical (unpaired) electrons. The Morgan fingerprint density at radius 2 is 0.678 bits per heavy atom. The van der Waals surface area contributed by atoms with Crippen molar-refractivity contribution in [3.63, 3.8) is 0 Å². The molecular formula is C56H57NOS. The summed E-state index contributed by atoms with van der Waals surface area (Å²) >= 11 is 5.34. The van der Waals surface area contributed by atoms with Gasteiger partial charge in [0.05, 0.1) is 12.4 Å². The Bertz CT molecular complexity index is 2330. The minimum Gasteiger partial charge on any atom is -0.345 e. The number of rotatable bonds is 10. The first-order chi connectivity index (χ1) is 28.2. The van der Waals surface area contributed by atoms with Gasteiger partial charge in [-0.25, -0.2) is 0 Å². The summed E-state index contributed by atoms with van der Waals surface area (Å²) in [5.74, 6) is 0.737. The summed E-state index contributed by atoms with van der Waals surface area (Å²) in [5, 5.41) is 0. The third kappa shape index (κ3) is 8.19. The first kappa shape index (κ1) is 41.5. The van der Waals surface area contributed by atoms with E-state index in [9.17, 15) is 0 Å². The fourth-order valence-corrected chi connectivity index (χ4v) is 9.51. The maximum Gasteiger partial charge on any atom is 0.166 e. The molecule has 0 saturated carbocycles. The van der Waals surface area contributed by atoms with Crippen LogP contribution in [0, 0.1) is 55.4 Å². The van der Waals surface area contributed by atoms with E-state index in [1.807, 2.05) is 0 Å². The molecule has 0 saturated heterocycles. The summed E-state index contributed by atoms with van der Waals surface area (Å²) in [7, 11) is 0. The van der Waals surface area contributed by atoms with Crippen molar-refractivity contribution in [1.29, 1.82) is 0 Å². The second-order valence-corrected chi connectivity index (χ2v) is 17.8. The van der Waals surface area contributed by atoms with Gasteiger partial charge >= 0.3 is 0 Å². The highest BCUT2D eigenvalue weighted by molar-refractivity contribution is 7.47. The Morgan fingerprint density at radius 1 is 0.424 bits per heavy atom. The van der Waals surface area contributed by atoms with Crippen LogP contribution in [-0.2, 0) is 30.7 Å². The molecule has 0 N–H and O–H groups in total. The first-order valence-electron chi connectivity index (χ1n) is 20.9. The third-order valence-electron chi connectivity index (χ3n) is 12.3. The molecule has 0 aliphatic rings. The fourth-order valence-electron chi connectivity index (χ4n) is 9.43. The van der Waals surface area contributed by atoms with Crippen molar-refractivity contribution in [2.24, 2.45) is 4.53 Å². The summed E-state index contributed by atoms with van der Waals surface area (Å²) in [6.45, 7) is 24.7. The predicted octanol–water partition coefficient (Wildman–Crippen LogP) is 15.3. The number of benzene rings is 7. The maximum absolute atomic E-state index is 6.39. The summed E-state index contributed by atoms with van der Waals surface area (Å²) < 4.78 is 4.02. The molecule has 0 amide bonds. The van der Waals surface area contributed by atoms with Crippen molar-refractivity contribution < 1.29 is 4.84 Å². The zero-order valence-electron chi connectivity index (χ0n) is 36.7. The standard InChI is InChI=1S/C56H57NOS/c1-34-18-12-19-35(2)51(34)45-26-16-27-46(52-36(3)20-13-21-37(52)4)49(45)32-42-30-44(56(9,10)11)31-43(55(42)58-57-59)33-50-47(53-38(5)22-14-23-39(53)6)28-17-29-48(50)54-40(7)24-15-25-41(54)8/h12-31H,32-33H2,1-11H3. The number of nitrogens with zero attached hydrogens (tertiary/aromatic N) is 1. The van der Waals surface area contributed by atoms with E-state index >= 15 is 0 Å². The van der Waals surface area contributed by atoms with Gasteiger partial charge in [0.1, 0.15) is 0 Å². The van der Waals surface area contributed by atoms with Crippen LogP contribution in [0.4, 0.5) is 0 Å². The molecule has 0 aromatic heterocycles. The van der Waals surface area contributed by atoms with Crippen molar-refractivity contribution in [2.45, 2.75) is 94.4 Å².